The summed E-state index contributed by atoms with van der Waals surface area (Å²) >= 11 is 0. The molecule has 2 fully saturated rings. The van der Waals surface area contributed by atoms with E-state index >= 15 is 0 Å². The van der Waals surface area contributed by atoms with Gasteiger partial charge in [0.05, 0.1) is 0 Å². The summed E-state index contributed by atoms with van der Waals surface area (Å²) in [6.07, 6.45) is -0.940. The zero-order valence-corrected chi connectivity index (χ0v) is 14.9. The van der Waals surface area contributed by atoms with E-state index in [-0.39, 0.29) is 16.9 Å². The van der Waals surface area contributed by atoms with Crippen molar-refractivity contribution in [2.75, 3.05) is 24.4 Å². The zero-order valence-electron chi connectivity index (χ0n) is 14.1. The Labute approximate surface area is 142 Å². The summed E-state index contributed by atoms with van der Waals surface area (Å²) in [4.78, 5) is 12.8. The lowest BCUT2D eigenvalue weighted by Crippen LogP contribution is -2.81. The molecule has 132 valence electrons. The van der Waals surface area contributed by atoms with Crippen LogP contribution in [0.5, 0.6) is 0 Å². The first kappa shape index (κ1) is 17.0. The number of benzene rings is 1. The van der Waals surface area contributed by atoms with Gasteiger partial charge in [-0.05, 0) is 17.5 Å². The molecule has 3 rings (SSSR count). The lowest BCUT2D eigenvalue weighted by atomic mass is 9.59. The molecule has 0 saturated carbocycles. The van der Waals surface area contributed by atoms with Gasteiger partial charge in [0.25, 0.3) is 0 Å². The Hall–Kier alpha value is -1.80. The van der Waals surface area contributed by atoms with Crippen LogP contribution in [0, 0.1) is 10.8 Å². The van der Waals surface area contributed by atoms with Crippen molar-refractivity contribution < 1.29 is 18.3 Å². The van der Waals surface area contributed by atoms with Crippen molar-refractivity contribution in [2.45, 2.75) is 26.8 Å². The third-order valence-corrected chi connectivity index (χ3v) is 6.22. The van der Waals surface area contributed by atoms with Gasteiger partial charge in [-0.2, -0.15) is 12.7 Å². The molecule has 1 aromatic rings. The molecule has 0 radical (unpaired) electrons. The van der Waals surface area contributed by atoms with E-state index in [0.717, 1.165) is 0 Å². The van der Waals surface area contributed by atoms with E-state index < -0.39 is 16.3 Å². The van der Waals surface area contributed by atoms with Crippen LogP contribution in [0.2, 0.25) is 0 Å². The average Bonchev–Trinajstić information content (AvgIpc) is 2.33. The van der Waals surface area contributed by atoms with Gasteiger partial charge >= 0.3 is 16.3 Å². The number of carbonyl (C=O) groups is 1. The second kappa shape index (κ2) is 5.35. The van der Waals surface area contributed by atoms with E-state index in [4.69, 9.17) is 0 Å². The van der Waals surface area contributed by atoms with Crippen molar-refractivity contribution in [3.05, 3.63) is 30.3 Å². The maximum absolute atomic E-state index is 12.5. The molecule has 0 aromatic heterocycles. The van der Waals surface area contributed by atoms with E-state index in [9.17, 15) is 18.3 Å². The first-order chi connectivity index (χ1) is 11.1. The van der Waals surface area contributed by atoms with E-state index in [2.05, 4.69) is 4.72 Å². The smallest absolute Gasteiger partial charge is 0.407 e. The van der Waals surface area contributed by atoms with Crippen LogP contribution >= 0.6 is 0 Å². The molecule has 2 saturated heterocycles. The topological polar surface area (TPSA) is 90.0 Å². The Morgan fingerprint density at radius 1 is 1.21 bits per heavy atom. The van der Waals surface area contributed by atoms with Gasteiger partial charge in [0, 0.05) is 36.8 Å². The lowest BCUT2D eigenvalue weighted by Gasteiger charge is -2.67. The van der Waals surface area contributed by atoms with Gasteiger partial charge in [-0.1, -0.05) is 39.0 Å². The molecule has 2 aliphatic rings. The average molecular weight is 353 g/mol. The lowest BCUT2D eigenvalue weighted by molar-refractivity contribution is -0.160. The highest BCUT2D eigenvalue weighted by Crippen LogP contribution is 2.52. The van der Waals surface area contributed by atoms with Crippen LogP contribution in [0.1, 0.15) is 20.8 Å². The number of nitrogens with zero attached hydrogens (tertiary/aromatic N) is 2. The van der Waals surface area contributed by atoms with E-state index in [1.165, 1.54) is 9.21 Å². The minimum Gasteiger partial charge on any atom is -0.465 e. The van der Waals surface area contributed by atoms with Crippen molar-refractivity contribution in [3.63, 3.8) is 0 Å². The molecule has 0 bridgehead atoms. The van der Waals surface area contributed by atoms with Crippen LogP contribution in [-0.4, -0.2) is 54.5 Å². The van der Waals surface area contributed by atoms with E-state index in [1.807, 2.05) is 26.8 Å². The van der Waals surface area contributed by atoms with Crippen molar-refractivity contribution in [1.29, 1.82) is 0 Å². The molecule has 1 amide bonds. The van der Waals surface area contributed by atoms with Gasteiger partial charge in [0.15, 0.2) is 0 Å². The molecule has 2 aliphatic heterocycles. The number of hydrogen-bond acceptors (Lipinski definition) is 3. The number of rotatable bonds is 3. The quantitative estimate of drug-likeness (QED) is 0.870. The van der Waals surface area contributed by atoms with Crippen LogP contribution in [0.15, 0.2) is 30.3 Å². The molecular formula is C16H23N3O4S. The first-order valence-corrected chi connectivity index (χ1v) is 9.32. The first-order valence-electron chi connectivity index (χ1n) is 7.88. The second-order valence-electron chi connectivity index (χ2n) is 7.78. The maximum Gasteiger partial charge on any atom is 0.407 e. The Morgan fingerprint density at radius 3 is 2.29 bits per heavy atom. The molecule has 1 aromatic carbocycles. The van der Waals surface area contributed by atoms with E-state index in [1.54, 1.807) is 24.3 Å². The number of anilines is 1. The highest BCUT2D eigenvalue weighted by atomic mass is 32.2. The third-order valence-electron chi connectivity index (χ3n) is 4.79. The summed E-state index contributed by atoms with van der Waals surface area (Å²) in [5.41, 5.74) is 0.00752. The van der Waals surface area contributed by atoms with Gasteiger partial charge in [-0.15, -0.1) is 0 Å². The molecule has 24 heavy (non-hydrogen) atoms. The summed E-state index contributed by atoms with van der Waals surface area (Å²) in [5.74, 6) is 0. The zero-order chi connectivity index (χ0) is 17.8. The molecule has 2 N–H and O–H groups in total. The highest BCUT2D eigenvalue weighted by molar-refractivity contribution is 7.90. The van der Waals surface area contributed by atoms with Gasteiger partial charge in [-0.25, -0.2) is 4.79 Å². The fraction of sp³-hybridized carbons (Fsp3) is 0.562. The third kappa shape index (κ3) is 2.73. The SMILES string of the molecule is CC(C)(C)C1N(C(=O)O)CC12CN(S(=O)(=O)Nc1ccccc1)C2. The number of nitrogens with one attached hydrogen (secondary N) is 1. The molecule has 1 unspecified atom stereocenters. The fourth-order valence-electron chi connectivity index (χ4n) is 4.12. The van der Waals surface area contributed by atoms with Crippen molar-refractivity contribution in [3.8, 4) is 0 Å². The molecular weight excluding hydrogens is 330 g/mol. The van der Waals surface area contributed by atoms with Crippen LogP contribution in [0.4, 0.5) is 10.5 Å². The number of likely N-dealkylation sites (tertiary alicyclic amines) is 1. The molecule has 1 atom stereocenters. The minimum atomic E-state index is -3.61. The summed E-state index contributed by atoms with van der Waals surface area (Å²) in [6, 6.07) is 8.56. The summed E-state index contributed by atoms with van der Waals surface area (Å²) in [5, 5.41) is 9.32. The predicted octanol–water partition coefficient (Wildman–Crippen LogP) is 2.05. The molecule has 8 heteroatoms. The van der Waals surface area contributed by atoms with Gasteiger partial charge in [0.1, 0.15) is 0 Å². The van der Waals surface area contributed by atoms with Crippen LogP contribution < -0.4 is 4.72 Å². The minimum absolute atomic E-state index is 0.175. The Kier molecular flexibility index (Phi) is 3.80. The van der Waals surface area contributed by atoms with Crippen LogP contribution in [-0.2, 0) is 10.2 Å². The van der Waals surface area contributed by atoms with Gasteiger partial charge in [-0.3, -0.25) is 4.72 Å². The van der Waals surface area contributed by atoms with Crippen LogP contribution in [0.25, 0.3) is 0 Å². The second-order valence-corrected chi connectivity index (χ2v) is 9.45. The maximum atomic E-state index is 12.5. The summed E-state index contributed by atoms with van der Waals surface area (Å²) in [6.45, 7) is 7.07. The van der Waals surface area contributed by atoms with Crippen LogP contribution in [0.3, 0.4) is 0 Å². The fourth-order valence-corrected chi connectivity index (χ4v) is 5.54. The predicted molar refractivity (Wildman–Crippen MR) is 91.0 cm³/mol. The Morgan fingerprint density at radius 2 is 1.79 bits per heavy atom. The highest BCUT2D eigenvalue weighted by Gasteiger charge is 2.65. The monoisotopic (exact) mass is 353 g/mol. The summed E-state index contributed by atoms with van der Waals surface area (Å²) < 4.78 is 28.9. The molecule has 1 spiro atoms. The van der Waals surface area contributed by atoms with Gasteiger partial charge < -0.3 is 10.0 Å². The standard InChI is InChI=1S/C16H23N3O4S/c1-15(2,3)13-16(11-19(13)14(20)21)9-18(10-16)24(22,23)17-12-7-5-4-6-8-12/h4-8,13,17H,9-11H2,1-3H3,(H,20,21). The van der Waals surface area contributed by atoms with Crippen molar-refractivity contribution >= 4 is 22.0 Å². The number of amides is 1. The normalized spacial score (nSPS) is 23.5. The Bertz CT molecular complexity index is 736. The molecule has 7 nitrogen and oxygen atoms in total. The van der Waals surface area contributed by atoms with Gasteiger partial charge in [0.2, 0.25) is 0 Å². The molecule has 2 heterocycles. The number of hydrogen-bond donors (Lipinski definition) is 2. The van der Waals surface area contributed by atoms with Crippen molar-refractivity contribution in [2.24, 2.45) is 10.8 Å². The summed E-state index contributed by atoms with van der Waals surface area (Å²) in [7, 11) is -3.61. The number of para-hydroxylation sites is 1. The van der Waals surface area contributed by atoms with Crippen molar-refractivity contribution in [1.82, 2.24) is 9.21 Å². The Balaban J connectivity index is 1.71. The van der Waals surface area contributed by atoms with E-state index in [0.29, 0.717) is 25.3 Å². The largest absolute Gasteiger partial charge is 0.465 e. The number of carboxylic acid groups (broad SMARTS) is 1. The molecule has 0 aliphatic carbocycles.